The molecule has 116 valence electrons. The molecule has 0 radical (unpaired) electrons. The molecular weight excluding hydrogens is 274 g/mol. The van der Waals surface area contributed by atoms with Gasteiger partial charge in [0.1, 0.15) is 0 Å². The molecule has 0 aromatic heterocycles. The average Bonchev–Trinajstić information content (AvgIpc) is 2.39. The summed E-state index contributed by atoms with van der Waals surface area (Å²) in [7, 11) is -1.14. The fourth-order valence-corrected chi connectivity index (χ4v) is 4.44. The van der Waals surface area contributed by atoms with Crippen LogP contribution < -0.4 is 4.72 Å². The minimum Gasteiger partial charge on any atom is -0.466 e. The van der Waals surface area contributed by atoms with E-state index in [0.29, 0.717) is 18.4 Å². The van der Waals surface area contributed by atoms with Crippen molar-refractivity contribution < 1.29 is 13.7 Å². The number of fused-ring (bicyclic) bond motifs is 3. The maximum absolute atomic E-state index is 12.4. The topological polar surface area (TPSA) is 55.4 Å². The van der Waals surface area contributed by atoms with Gasteiger partial charge < -0.3 is 4.74 Å². The molecule has 20 heavy (non-hydrogen) atoms. The van der Waals surface area contributed by atoms with Crippen LogP contribution in [0.3, 0.4) is 0 Å². The maximum atomic E-state index is 12.4. The Balaban J connectivity index is 2.14. The Hall–Kier alpha value is -0.420. The number of hydrogen-bond acceptors (Lipinski definition) is 3. The van der Waals surface area contributed by atoms with Gasteiger partial charge >= 0.3 is 5.97 Å². The number of carbonyl (C=O) groups is 1. The van der Waals surface area contributed by atoms with Crippen LogP contribution in [0.15, 0.2) is 0 Å². The van der Waals surface area contributed by atoms with Gasteiger partial charge in [-0.1, -0.05) is 0 Å². The van der Waals surface area contributed by atoms with Gasteiger partial charge in [-0.3, -0.25) is 4.79 Å². The number of rotatable bonds is 4. The lowest BCUT2D eigenvalue weighted by Gasteiger charge is -2.47. The second-order valence-corrected chi connectivity index (χ2v) is 8.98. The molecule has 3 atom stereocenters. The Morgan fingerprint density at radius 1 is 1.20 bits per heavy atom. The number of esters is 1. The molecule has 1 N–H and O–H groups in total. The molecule has 4 nitrogen and oxygen atoms in total. The van der Waals surface area contributed by atoms with Crippen molar-refractivity contribution in [3.05, 3.63) is 0 Å². The van der Waals surface area contributed by atoms with Gasteiger partial charge in [-0.25, -0.2) is 8.93 Å². The smallest absolute Gasteiger partial charge is 0.310 e. The molecule has 0 aromatic carbocycles. The summed E-state index contributed by atoms with van der Waals surface area (Å²) < 4.78 is 20.6. The van der Waals surface area contributed by atoms with Crippen molar-refractivity contribution in [1.82, 2.24) is 4.72 Å². The highest BCUT2D eigenvalue weighted by atomic mass is 32.2. The number of hydrogen-bond donors (Lipinski definition) is 1. The third kappa shape index (κ3) is 3.25. The summed E-state index contributed by atoms with van der Waals surface area (Å²) in [5.41, 5.74) is 0. The average molecular weight is 301 g/mol. The monoisotopic (exact) mass is 301 g/mol. The third-order valence-electron chi connectivity index (χ3n) is 4.58. The zero-order valence-electron chi connectivity index (χ0n) is 13.0. The van der Waals surface area contributed by atoms with E-state index in [0.717, 1.165) is 25.7 Å². The van der Waals surface area contributed by atoms with Crippen LogP contribution in [0.1, 0.15) is 53.4 Å². The summed E-state index contributed by atoms with van der Waals surface area (Å²) in [6.45, 7) is 8.13. The van der Waals surface area contributed by atoms with Crippen LogP contribution in [-0.4, -0.2) is 27.6 Å². The number of nitrogens with one attached hydrogen (secondary N) is 1. The van der Waals surface area contributed by atoms with E-state index in [2.05, 4.69) is 4.72 Å². The van der Waals surface area contributed by atoms with Gasteiger partial charge in [0.15, 0.2) is 0 Å². The van der Waals surface area contributed by atoms with E-state index in [9.17, 15) is 9.00 Å². The Morgan fingerprint density at radius 3 is 2.25 bits per heavy atom. The molecular formula is C15H27NO3S. The number of ether oxygens (including phenoxy) is 1. The predicted octanol–water partition coefficient (Wildman–Crippen LogP) is 2.41. The molecule has 3 rings (SSSR count). The third-order valence-corrected chi connectivity index (χ3v) is 6.18. The van der Waals surface area contributed by atoms with Crippen molar-refractivity contribution in [2.24, 2.45) is 17.8 Å². The summed E-state index contributed by atoms with van der Waals surface area (Å²) in [6, 6.07) is 0.0154. The molecule has 0 heterocycles. The van der Waals surface area contributed by atoms with Crippen LogP contribution in [0.4, 0.5) is 0 Å². The van der Waals surface area contributed by atoms with Crippen molar-refractivity contribution in [1.29, 1.82) is 0 Å². The molecule has 1 unspecified atom stereocenters. The van der Waals surface area contributed by atoms with E-state index < -0.39 is 11.0 Å². The van der Waals surface area contributed by atoms with Crippen molar-refractivity contribution >= 4 is 17.0 Å². The molecule has 0 aromatic rings. The van der Waals surface area contributed by atoms with Gasteiger partial charge in [-0.2, -0.15) is 0 Å². The molecule has 0 amide bonds. The molecule has 0 aliphatic heterocycles. The normalized spacial score (nSPS) is 34.8. The quantitative estimate of drug-likeness (QED) is 0.811. The summed E-state index contributed by atoms with van der Waals surface area (Å²) in [5.74, 6) is 0.633. The SMILES string of the molecule is CCOC(=O)[C@H]1C2CCC(CC2)[C@@H]1NS(=O)C(C)(C)C. The fourth-order valence-electron chi connectivity index (χ4n) is 3.50. The van der Waals surface area contributed by atoms with E-state index in [-0.39, 0.29) is 22.7 Å². The van der Waals surface area contributed by atoms with Crippen LogP contribution in [0.5, 0.6) is 0 Å². The van der Waals surface area contributed by atoms with Gasteiger partial charge in [-0.05, 0) is 65.2 Å². The first kappa shape index (κ1) is 16.0. The summed E-state index contributed by atoms with van der Waals surface area (Å²) in [6.07, 6.45) is 4.49. The molecule has 0 saturated heterocycles. The lowest BCUT2D eigenvalue weighted by molar-refractivity contribution is -0.155. The van der Waals surface area contributed by atoms with Crippen molar-refractivity contribution in [3.63, 3.8) is 0 Å². The number of carbonyl (C=O) groups excluding carboxylic acids is 1. The highest BCUT2D eigenvalue weighted by Crippen LogP contribution is 2.46. The zero-order chi connectivity index (χ0) is 14.9. The van der Waals surface area contributed by atoms with Crippen LogP contribution in [0.2, 0.25) is 0 Å². The van der Waals surface area contributed by atoms with E-state index in [1.165, 1.54) is 0 Å². The zero-order valence-corrected chi connectivity index (χ0v) is 13.8. The highest BCUT2D eigenvalue weighted by Gasteiger charge is 2.48. The maximum Gasteiger partial charge on any atom is 0.310 e. The first-order valence-electron chi connectivity index (χ1n) is 7.69. The Bertz CT molecular complexity index is 383. The summed E-state index contributed by atoms with van der Waals surface area (Å²) in [4.78, 5) is 12.3. The van der Waals surface area contributed by atoms with Gasteiger partial charge in [0, 0.05) is 6.04 Å². The van der Waals surface area contributed by atoms with Crippen molar-refractivity contribution in [2.75, 3.05) is 6.61 Å². The molecule has 0 spiro atoms. The van der Waals surface area contributed by atoms with Crippen LogP contribution in [-0.2, 0) is 20.5 Å². The van der Waals surface area contributed by atoms with Gasteiger partial charge in [0.2, 0.25) is 0 Å². The van der Waals surface area contributed by atoms with Gasteiger partial charge in [0.05, 0.1) is 28.3 Å². The minimum absolute atomic E-state index is 0.0154. The van der Waals surface area contributed by atoms with E-state index >= 15 is 0 Å². The summed E-state index contributed by atoms with van der Waals surface area (Å²) >= 11 is 0. The molecule has 3 fully saturated rings. The lowest BCUT2D eigenvalue weighted by atomic mass is 9.62. The molecule has 3 aliphatic rings. The Kier molecular flexibility index (Phi) is 4.90. The van der Waals surface area contributed by atoms with Crippen LogP contribution in [0, 0.1) is 17.8 Å². The molecule has 3 aliphatic carbocycles. The van der Waals surface area contributed by atoms with E-state index in [4.69, 9.17) is 4.74 Å². The highest BCUT2D eigenvalue weighted by molar-refractivity contribution is 7.84. The standard InChI is InChI=1S/C15H27NO3S/c1-5-19-14(17)12-10-6-8-11(9-7-10)13(12)16-20(18)15(2,3)4/h10-13,16H,5-9H2,1-4H3/t10?,11?,12-,13-,20?/m0/s1. The van der Waals surface area contributed by atoms with E-state index in [1.807, 2.05) is 27.7 Å². The second-order valence-electron chi connectivity index (χ2n) is 6.98. The lowest BCUT2D eigenvalue weighted by Crippen LogP contribution is -2.56. The largest absolute Gasteiger partial charge is 0.466 e. The fraction of sp³-hybridized carbons (Fsp3) is 0.933. The van der Waals surface area contributed by atoms with Gasteiger partial charge in [0.25, 0.3) is 0 Å². The molecule has 3 saturated carbocycles. The Morgan fingerprint density at radius 2 is 1.75 bits per heavy atom. The first-order chi connectivity index (χ1) is 9.34. The molecule has 5 heteroatoms. The molecule has 2 bridgehead atoms. The van der Waals surface area contributed by atoms with Crippen LogP contribution >= 0.6 is 0 Å². The van der Waals surface area contributed by atoms with Crippen molar-refractivity contribution in [3.8, 4) is 0 Å². The predicted molar refractivity (Wildman–Crippen MR) is 80.4 cm³/mol. The first-order valence-corrected chi connectivity index (χ1v) is 8.84. The second kappa shape index (κ2) is 6.14. The Labute approximate surface area is 124 Å². The summed E-state index contributed by atoms with van der Waals surface area (Å²) in [5, 5.41) is 0. The van der Waals surface area contributed by atoms with E-state index in [1.54, 1.807) is 0 Å². The van der Waals surface area contributed by atoms with Crippen LogP contribution in [0.25, 0.3) is 0 Å². The van der Waals surface area contributed by atoms with Crippen molar-refractivity contribution in [2.45, 2.75) is 64.2 Å². The van der Waals surface area contributed by atoms with Gasteiger partial charge in [-0.15, -0.1) is 0 Å². The minimum atomic E-state index is -1.14.